The number of carbonyl (C=O) groups is 2. The maximum Gasteiger partial charge on any atom is 0.235 e. The van der Waals surface area contributed by atoms with Crippen molar-refractivity contribution < 1.29 is 9.59 Å². The number of fused-ring (bicyclic) bond motifs is 1. The second-order valence-electron chi connectivity index (χ2n) is 6.71. The van der Waals surface area contributed by atoms with E-state index < -0.39 is 0 Å². The Morgan fingerprint density at radius 1 is 1.34 bits per heavy atom. The number of amidine groups is 1. The SMILES string of the molecule is CC1=C[C@@H]2C(=O)NC(CSCC(=O)Nc3ccc(Cn4cncn4)cc3)=N[C@@H]2S1. The highest BCUT2D eigenvalue weighted by Crippen LogP contribution is 2.38. The number of amides is 2. The van der Waals surface area contributed by atoms with Crippen LogP contribution >= 0.6 is 23.5 Å². The van der Waals surface area contributed by atoms with E-state index in [4.69, 9.17) is 0 Å². The second kappa shape index (κ2) is 8.83. The fourth-order valence-corrected chi connectivity index (χ4v) is 4.90. The van der Waals surface area contributed by atoms with Crippen molar-refractivity contribution in [2.45, 2.75) is 18.8 Å². The zero-order valence-corrected chi connectivity index (χ0v) is 17.4. The molecular formula is C19H20N6O2S2. The highest BCUT2D eigenvalue weighted by molar-refractivity contribution is 8.04. The van der Waals surface area contributed by atoms with Crippen LogP contribution in [-0.4, -0.2) is 49.3 Å². The minimum atomic E-state index is -0.176. The van der Waals surface area contributed by atoms with Crippen molar-refractivity contribution in [3.05, 3.63) is 53.5 Å². The Balaban J connectivity index is 1.22. The molecule has 0 saturated heterocycles. The first-order chi connectivity index (χ1) is 14.1. The number of anilines is 1. The molecule has 2 N–H and O–H groups in total. The first-order valence-electron chi connectivity index (χ1n) is 9.08. The first kappa shape index (κ1) is 19.7. The van der Waals surface area contributed by atoms with E-state index in [1.165, 1.54) is 18.1 Å². The summed E-state index contributed by atoms with van der Waals surface area (Å²) in [5, 5.41) is 9.74. The smallest absolute Gasteiger partial charge is 0.235 e. The molecule has 0 radical (unpaired) electrons. The predicted octanol–water partition coefficient (Wildman–Crippen LogP) is 2.12. The predicted molar refractivity (Wildman–Crippen MR) is 116 cm³/mol. The number of hydrogen-bond acceptors (Lipinski definition) is 7. The molecule has 10 heteroatoms. The molecule has 1 aromatic heterocycles. The molecule has 0 bridgehead atoms. The Kier molecular flexibility index (Phi) is 6.00. The molecule has 29 heavy (non-hydrogen) atoms. The Labute approximate surface area is 176 Å². The lowest BCUT2D eigenvalue weighted by atomic mass is 10.1. The van der Waals surface area contributed by atoms with Gasteiger partial charge in [-0.25, -0.2) is 9.67 Å². The molecule has 0 aliphatic carbocycles. The maximum atomic E-state index is 12.2. The molecule has 0 saturated carbocycles. The third kappa shape index (κ3) is 5.07. The number of hydrogen-bond donors (Lipinski definition) is 2. The minimum Gasteiger partial charge on any atom is -0.325 e. The summed E-state index contributed by atoms with van der Waals surface area (Å²) < 4.78 is 1.74. The number of aromatic nitrogens is 3. The number of aliphatic imine (C=N–C) groups is 1. The van der Waals surface area contributed by atoms with Crippen molar-refractivity contribution in [3.8, 4) is 0 Å². The van der Waals surface area contributed by atoms with Crippen LogP contribution in [-0.2, 0) is 16.1 Å². The second-order valence-corrected chi connectivity index (χ2v) is 9.06. The van der Waals surface area contributed by atoms with Crippen LogP contribution in [0.1, 0.15) is 12.5 Å². The molecule has 0 unspecified atom stereocenters. The number of rotatable bonds is 7. The van der Waals surface area contributed by atoms with Crippen molar-refractivity contribution >= 4 is 46.9 Å². The van der Waals surface area contributed by atoms with Gasteiger partial charge >= 0.3 is 0 Å². The van der Waals surface area contributed by atoms with Crippen LogP contribution in [0.4, 0.5) is 5.69 Å². The van der Waals surface area contributed by atoms with E-state index >= 15 is 0 Å². The molecule has 2 amide bonds. The molecule has 0 fully saturated rings. The molecule has 150 valence electrons. The van der Waals surface area contributed by atoms with Gasteiger partial charge < -0.3 is 10.6 Å². The van der Waals surface area contributed by atoms with Gasteiger partial charge in [0.05, 0.1) is 24.0 Å². The lowest BCUT2D eigenvalue weighted by Crippen LogP contribution is -2.44. The largest absolute Gasteiger partial charge is 0.325 e. The molecule has 8 nitrogen and oxygen atoms in total. The van der Waals surface area contributed by atoms with E-state index in [1.54, 1.807) is 22.8 Å². The summed E-state index contributed by atoms with van der Waals surface area (Å²) in [6.07, 6.45) is 5.12. The highest BCUT2D eigenvalue weighted by atomic mass is 32.2. The summed E-state index contributed by atoms with van der Waals surface area (Å²) in [7, 11) is 0. The van der Waals surface area contributed by atoms with Gasteiger partial charge in [-0.1, -0.05) is 18.2 Å². The van der Waals surface area contributed by atoms with E-state index in [0.29, 0.717) is 18.1 Å². The van der Waals surface area contributed by atoms with Crippen molar-refractivity contribution in [3.63, 3.8) is 0 Å². The number of nitrogens with zero attached hydrogens (tertiary/aromatic N) is 4. The molecule has 3 heterocycles. The van der Waals surface area contributed by atoms with Gasteiger partial charge in [0.15, 0.2) is 0 Å². The quantitative estimate of drug-likeness (QED) is 0.701. The van der Waals surface area contributed by atoms with Crippen LogP contribution in [0.15, 0.2) is 52.9 Å². The van der Waals surface area contributed by atoms with Crippen molar-refractivity contribution in [2.75, 3.05) is 16.8 Å². The van der Waals surface area contributed by atoms with Crippen LogP contribution in [0.2, 0.25) is 0 Å². The minimum absolute atomic E-state index is 0.0135. The average molecular weight is 429 g/mol. The number of allylic oxidation sites excluding steroid dienone is 1. The van der Waals surface area contributed by atoms with E-state index in [0.717, 1.165) is 16.2 Å². The van der Waals surface area contributed by atoms with Crippen molar-refractivity contribution in [1.29, 1.82) is 0 Å². The van der Waals surface area contributed by atoms with Crippen LogP contribution in [0, 0.1) is 5.92 Å². The summed E-state index contributed by atoms with van der Waals surface area (Å²) in [6, 6.07) is 7.63. The van der Waals surface area contributed by atoms with Crippen LogP contribution in [0.5, 0.6) is 0 Å². The lowest BCUT2D eigenvalue weighted by molar-refractivity contribution is -0.122. The Morgan fingerprint density at radius 3 is 2.93 bits per heavy atom. The zero-order chi connectivity index (χ0) is 20.2. The number of nitrogens with one attached hydrogen (secondary N) is 2. The van der Waals surface area contributed by atoms with Gasteiger partial charge in [0, 0.05) is 5.69 Å². The molecule has 0 spiro atoms. The Bertz CT molecular complexity index is 956. The molecule has 2 aliphatic rings. The molecule has 4 rings (SSSR count). The van der Waals surface area contributed by atoms with Gasteiger partial charge in [-0.15, -0.1) is 23.5 Å². The number of benzene rings is 1. The summed E-state index contributed by atoms with van der Waals surface area (Å²) in [5.74, 6) is 1.15. The zero-order valence-electron chi connectivity index (χ0n) is 15.7. The molecular weight excluding hydrogens is 408 g/mol. The van der Waals surface area contributed by atoms with Gasteiger partial charge in [0.1, 0.15) is 23.9 Å². The normalized spacial score (nSPS) is 20.5. The van der Waals surface area contributed by atoms with E-state index in [-0.39, 0.29) is 28.9 Å². The third-order valence-electron chi connectivity index (χ3n) is 4.40. The Hall–Kier alpha value is -2.59. The van der Waals surface area contributed by atoms with Gasteiger partial charge in [-0.3, -0.25) is 14.6 Å². The van der Waals surface area contributed by atoms with E-state index in [2.05, 4.69) is 25.7 Å². The maximum absolute atomic E-state index is 12.2. The van der Waals surface area contributed by atoms with Crippen LogP contribution in [0.25, 0.3) is 0 Å². The third-order valence-corrected chi connectivity index (χ3v) is 6.49. The standard InChI is InChI=1S/C19H20N6O2S2/c1-12-6-15-18(27)23-16(24-19(15)29-12)8-28-9-17(26)22-14-4-2-13(3-5-14)7-25-11-20-10-21-25/h2-6,10-11,15,19H,7-9H2,1H3,(H,22,26)(H,23,24,27)/t15-,19-/m1/s1. The Morgan fingerprint density at radius 2 is 2.17 bits per heavy atom. The fourth-order valence-electron chi connectivity index (χ4n) is 3.07. The molecule has 2 atom stereocenters. The van der Waals surface area contributed by atoms with Crippen LogP contribution in [0.3, 0.4) is 0 Å². The van der Waals surface area contributed by atoms with Gasteiger partial charge in [0.25, 0.3) is 0 Å². The summed E-state index contributed by atoms with van der Waals surface area (Å²) in [5.41, 5.74) is 1.81. The fraction of sp³-hybridized carbons (Fsp3) is 0.316. The average Bonchev–Trinajstić information content (AvgIpc) is 3.32. The summed E-state index contributed by atoms with van der Waals surface area (Å²) in [6.45, 7) is 2.62. The molecule has 2 aliphatic heterocycles. The lowest BCUT2D eigenvalue weighted by Gasteiger charge is -2.22. The first-order valence-corrected chi connectivity index (χ1v) is 11.1. The summed E-state index contributed by atoms with van der Waals surface area (Å²) >= 11 is 3.04. The number of thioether (sulfide) groups is 2. The molecule has 1 aromatic carbocycles. The highest BCUT2D eigenvalue weighted by Gasteiger charge is 2.36. The summed E-state index contributed by atoms with van der Waals surface area (Å²) in [4.78, 5) is 34.0. The van der Waals surface area contributed by atoms with Gasteiger partial charge in [-0.05, 0) is 29.5 Å². The monoisotopic (exact) mass is 428 g/mol. The van der Waals surface area contributed by atoms with E-state index in [1.807, 2.05) is 37.3 Å². The van der Waals surface area contributed by atoms with E-state index in [9.17, 15) is 9.59 Å². The van der Waals surface area contributed by atoms with Crippen molar-refractivity contribution in [2.24, 2.45) is 10.9 Å². The van der Waals surface area contributed by atoms with Crippen molar-refractivity contribution in [1.82, 2.24) is 20.1 Å². The van der Waals surface area contributed by atoms with Crippen LogP contribution < -0.4 is 10.6 Å². The van der Waals surface area contributed by atoms with Gasteiger partial charge in [-0.2, -0.15) is 5.10 Å². The molecule has 2 aromatic rings. The topological polar surface area (TPSA) is 101 Å². The van der Waals surface area contributed by atoms with Gasteiger partial charge in [0.2, 0.25) is 11.8 Å². The number of carbonyl (C=O) groups excluding carboxylic acids is 2.